The van der Waals surface area contributed by atoms with Gasteiger partial charge in [-0.05, 0) is 44.2 Å². The van der Waals surface area contributed by atoms with E-state index in [0.29, 0.717) is 38.3 Å². The summed E-state index contributed by atoms with van der Waals surface area (Å²) in [5, 5.41) is 0. The monoisotopic (exact) mass is 385 g/mol. The zero-order chi connectivity index (χ0) is 19.7. The van der Waals surface area contributed by atoms with Gasteiger partial charge in [0.2, 0.25) is 5.91 Å². The summed E-state index contributed by atoms with van der Waals surface area (Å²) in [5.74, 6) is -0.00877. The Kier molecular flexibility index (Phi) is 5.24. The van der Waals surface area contributed by atoms with Gasteiger partial charge >= 0.3 is 6.09 Å². The van der Waals surface area contributed by atoms with Gasteiger partial charge < -0.3 is 19.4 Å². The molecule has 0 bridgehead atoms. The molecule has 150 valence electrons. The van der Waals surface area contributed by atoms with Crippen LogP contribution in [0.15, 0.2) is 24.3 Å². The maximum atomic E-state index is 13.2. The highest BCUT2D eigenvalue weighted by atomic mass is 16.6. The van der Waals surface area contributed by atoms with Crippen LogP contribution in [-0.4, -0.2) is 77.5 Å². The Labute approximate surface area is 165 Å². The number of hydrogen-bond donors (Lipinski definition) is 0. The predicted octanol–water partition coefficient (Wildman–Crippen LogP) is 2.04. The molecule has 1 aromatic carbocycles. The summed E-state index contributed by atoms with van der Waals surface area (Å²) in [6.45, 7) is 4.88. The number of benzene rings is 1. The number of ether oxygens (including phenoxy) is 1. The number of rotatable bonds is 3. The summed E-state index contributed by atoms with van der Waals surface area (Å²) < 4.78 is 5.03. The van der Waals surface area contributed by atoms with Gasteiger partial charge in [-0.15, -0.1) is 0 Å². The topological polar surface area (TPSA) is 70.2 Å². The lowest BCUT2D eigenvalue weighted by molar-refractivity contribution is -0.136. The van der Waals surface area contributed by atoms with Crippen LogP contribution in [0.4, 0.5) is 4.79 Å². The van der Waals surface area contributed by atoms with E-state index in [1.54, 1.807) is 9.80 Å². The van der Waals surface area contributed by atoms with E-state index in [-0.39, 0.29) is 30.0 Å². The van der Waals surface area contributed by atoms with E-state index in [1.165, 1.54) is 0 Å². The van der Waals surface area contributed by atoms with Crippen molar-refractivity contribution >= 4 is 17.9 Å². The molecule has 3 saturated heterocycles. The molecular weight excluding hydrogens is 358 g/mol. The van der Waals surface area contributed by atoms with E-state index < -0.39 is 0 Å². The Morgan fingerprint density at radius 3 is 2.46 bits per heavy atom. The van der Waals surface area contributed by atoms with Crippen molar-refractivity contribution in [1.82, 2.24) is 14.7 Å². The van der Waals surface area contributed by atoms with Gasteiger partial charge in [0.15, 0.2) is 0 Å². The van der Waals surface area contributed by atoms with Gasteiger partial charge in [0, 0.05) is 31.2 Å². The van der Waals surface area contributed by atoms with E-state index >= 15 is 0 Å². The van der Waals surface area contributed by atoms with Gasteiger partial charge in [0.05, 0.1) is 6.54 Å². The number of carbonyl (C=O) groups is 3. The summed E-state index contributed by atoms with van der Waals surface area (Å²) >= 11 is 0. The van der Waals surface area contributed by atoms with Crippen LogP contribution in [0.5, 0.6) is 0 Å². The number of hydrogen-bond acceptors (Lipinski definition) is 4. The maximum Gasteiger partial charge on any atom is 0.410 e. The lowest BCUT2D eigenvalue weighted by atomic mass is 10.0. The third-order valence-corrected chi connectivity index (χ3v) is 6.18. The standard InChI is InChI=1S/C21H27N3O4/c1-15-5-2-3-6-17(15)19(25)24-10-4-7-18(24)20(26)22-11-8-16(9-12-22)23-13-14-28-21(23)27/h2-3,5-6,16,18H,4,7-14H2,1H3/t18-/m1/s1. The molecule has 0 saturated carbocycles. The number of aryl methyl sites for hydroxylation is 1. The highest BCUT2D eigenvalue weighted by molar-refractivity contribution is 5.99. The van der Waals surface area contributed by atoms with Crippen LogP contribution in [0.25, 0.3) is 0 Å². The van der Waals surface area contributed by atoms with Crippen LogP contribution in [0.1, 0.15) is 41.6 Å². The first-order valence-electron chi connectivity index (χ1n) is 10.1. The largest absolute Gasteiger partial charge is 0.448 e. The van der Waals surface area contributed by atoms with Gasteiger partial charge in [0.25, 0.3) is 5.91 Å². The van der Waals surface area contributed by atoms with Crippen molar-refractivity contribution in [3.8, 4) is 0 Å². The quantitative estimate of drug-likeness (QED) is 0.798. The molecule has 0 radical (unpaired) electrons. The molecule has 3 aliphatic rings. The second kappa shape index (κ2) is 7.81. The lowest BCUT2D eigenvalue weighted by Crippen LogP contribution is -2.52. The van der Waals surface area contributed by atoms with Crippen LogP contribution in [0.3, 0.4) is 0 Å². The normalized spacial score (nSPS) is 23.2. The van der Waals surface area contributed by atoms with Crippen molar-refractivity contribution in [1.29, 1.82) is 0 Å². The van der Waals surface area contributed by atoms with E-state index in [9.17, 15) is 14.4 Å². The second-order valence-electron chi connectivity index (χ2n) is 7.84. The van der Waals surface area contributed by atoms with Gasteiger partial charge in [0.1, 0.15) is 12.6 Å². The molecule has 4 rings (SSSR count). The predicted molar refractivity (Wildman–Crippen MR) is 103 cm³/mol. The van der Waals surface area contributed by atoms with E-state index in [2.05, 4.69) is 0 Å². The minimum Gasteiger partial charge on any atom is -0.448 e. The molecule has 3 amide bonds. The zero-order valence-electron chi connectivity index (χ0n) is 16.3. The first-order valence-corrected chi connectivity index (χ1v) is 10.1. The van der Waals surface area contributed by atoms with Crippen molar-refractivity contribution in [3.63, 3.8) is 0 Å². The highest BCUT2D eigenvalue weighted by Gasteiger charge is 2.39. The SMILES string of the molecule is Cc1ccccc1C(=O)N1CCC[C@@H]1C(=O)N1CCC(N2CCOC2=O)CC1. The molecule has 0 N–H and O–H groups in total. The summed E-state index contributed by atoms with van der Waals surface area (Å²) in [6.07, 6.45) is 2.85. The Morgan fingerprint density at radius 1 is 1.04 bits per heavy atom. The number of cyclic esters (lactones) is 1. The number of carbonyl (C=O) groups excluding carboxylic acids is 3. The van der Waals surface area contributed by atoms with Crippen molar-refractivity contribution in [2.45, 2.75) is 44.7 Å². The molecule has 7 heteroatoms. The van der Waals surface area contributed by atoms with Crippen molar-refractivity contribution in [2.24, 2.45) is 0 Å². The van der Waals surface area contributed by atoms with E-state index in [4.69, 9.17) is 4.74 Å². The van der Waals surface area contributed by atoms with Crippen molar-refractivity contribution in [2.75, 3.05) is 32.8 Å². The zero-order valence-corrected chi connectivity index (χ0v) is 16.3. The molecule has 28 heavy (non-hydrogen) atoms. The fourth-order valence-electron chi connectivity index (χ4n) is 4.58. The molecular formula is C21H27N3O4. The molecule has 1 aromatic rings. The Hall–Kier alpha value is -2.57. The smallest absolute Gasteiger partial charge is 0.410 e. The first kappa shape index (κ1) is 18.8. The first-order chi connectivity index (χ1) is 13.6. The molecule has 3 heterocycles. The van der Waals surface area contributed by atoms with Crippen molar-refractivity contribution < 1.29 is 19.1 Å². The molecule has 3 fully saturated rings. The number of piperidine rings is 1. The number of likely N-dealkylation sites (tertiary alicyclic amines) is 2. The van der Waals surface area contributed by atoms with Gasteiger partial charge in [-0.1, -0.05) is 18.2 Å². The molecule has 0 spiro atoms. The van der Waals surface area contributed by atoms with Gasteiger partial charge in [-0.25, -0.2) is 4.79 Å². The van der Waals surface area contributed by atoms with Crippen LogP contribution < -0.4 is 0 Å². The number of amides is 3. The minimum atomic E-state index is -0.375. The van der Waals surface area contributed by atoms with Crippen LogP contribution in [0.2, 0.25) is 0 Å². The van der Waals surface area contributed by atoms with E-state index in [1.807, 2.05) is 36.1 Å². The van der Waals surface area contributed by atoms with E-state index in [0.717, 1.165) is 31.2 Å². The third kappa shape index (κ3) is 3.45. The molecule has 0 unspecified atom stereocenters. The fourth-order valence-corrected chi connectivity index (χ4v) is 4.58. The molecule has 1 atom stereocenters. The summed E-state index contributed by atoms with van der Waals surface area (Å²) in [4.78, 5) is 43.3. The van der Waals surface area contributed by atoms with Crippen molar-refractivity contribution in [3.05, 3.63) is 35.4 Å². The molecule has 0 aromatic heterocycles. The Balaban J connectivity index is 1.40. The second-order valence-corrected chi connectivity index (χ2v) is 7.84. The van der Waals surface area contributed by atoms with Gasteiger partial charge in [-0.3, -0.25) is 9.59 Å². The third-order valence-electron chi connectivity index (χ3n) is 6.18. The lowest BCUT2D eigenvalue weighted by Gasteiger charge is -2.37. The Morgan fingerprint density at radius 2 is 1.79 bits per heavy atom. The average molecular weight is 385 g/mol. The van der Waals surface area contributed by atoms with Crippen LogP contribution >= 0.6 is 0 Å². The molecule has 3 aliphatic heterocycles. The fraction of sp³-hybridized carbons (Fsp3) is 0.571. The summed E-state index contributed by atoms with van der Waals surface area (Å²) in [6, 6.07) is 7.31. The van der Waals surface area contributed by atoms with Crippen LogP contribution in [-0.2, 0) is 9.53 Å². The van der Waals surface area contributed by atoms with Crippen LogP contribution in [0, 0.1) is 6.92 Å². The maximum absolute atomic E-state index is 13.2. The highest BCUT2D eigenvalue weighted by Crippen LogP contribution is 2.26. The number of nitrogens with zero attached hydrogens (tertiary/aromatic N) is 3. The summed E-state index contributed by atoms with van der Waals surface area (Å²) in [7, 11) is 0. The van der Waals surface area contributed by atoms with Gasteiger partial charge in [-0.2, -0.15) is 0 Å². The Bertz CT molecular complexity index is 773. The molecule has 0 aliphatic carbocycles. The molecule has 7 nitrogen and oxygen atoms in total. The summed E-state index contributed by atoms with van der Waals surface area (Å²) in [5.41, 5.74) is 1.61. The minimum absolute atomic E-state index is 0.0434. The average Bonchev–Trinajstić information content (AvgIpc) is 3.36.